The highest BCUT2D eigenvalue weighted by Gasteiger charge is 2.44. The normalized spacial score (nSPS) is 17.5. The molecule has 30 heavy (non-hydrogen) atoms. The van der Waals surface area contributed by atoms with E-state index in [1.807, 2.05) is 0 Å². The maximum atomic E-state index is 13.1. The van der Waals surface area contributed by atoms with Crippen LogP contribution in [0.3, 0.4) is 0 Å². The first kappa shape index (κ1) is 18.0. The van der Waals surface area contributed by atoms with Crippen molar-refractivity contribution in [3.05, 3.63) is 81.9 Å². The molecule has 5 rings (SSSR count). The smallest absolute Gasteiger partial charge is 0.344 e. The molecule has 0 spiro atoms. The van der Waals surface area contributed by atoms with E-state index in [4.69, 9.17) is 13.7 Å². The number of hydrogen-bond donors (Lipinski definition) is 2. The van der Waals surface area contributed by atoms with E-state index in [1.165, 1.54) is 12.1 Å². The van der Waals surface area contributed by atoms with Gasteiger partial charge in [-0.2, -0.15) is 0 Å². The molecule has 2 N–H and O–H groups in total. The number of fused-ring (bicyclic) bond motifs is 3. The molecule has 8 heteroatoms. The highest BCUT2D eigenvalue weighted by molar-refractivity contribution is 5.97. The minimum absolute atomic E-state index is 0.0115. The molecule has 0 bridgehead atoms. The van der Waals surface area contributed by atoms with Gasteiger partial charge in [0.25, 0.3) is 5.91 Å². The zero-order valence-corrected chi connectivity index (χ0v) is 15.8. The maximum Gasteiger partial charge on any atom is 0.344 e. The topological polar surface area (TPSA) is 115 Å². The van der Waals surface area contributed by atoms with Crippen LogP contribution < -0.4 is 15.7 Å². The van der Waals surface area contributed by atoms with Gasteiger partial charge in [0.15, 0.2) is 11.9 Å². The Kier molecular flexibility index (Phi) is 4.06. The van der Waals surface area contributed by atoms with Crippen molar-refractivity contribution >= 4 is 22.7 Å². The standard InChI is InChI=1S/C22H16N2O6/c1-11-9-16(24-30-11)23-21(26)20-17(12-5-4-6-13(25)10-12)18-19(29-20)14-7-2-3-8-15(14)28-22(18)27/h2-10,17,20,25H,1H3,(H,23,24,26)/t17-,20+/m1/s1. The molecule has 2 atom stereocenters. The van der Waals surface area contributed by atoms with Gasteiger partial charge < -0.3 is 24.1 Å². The van der Waals surface area contributed by atoms with Gasteiger partial charge in [0.1, 0.15) is 22.8 Å². The van der Waals surface area contributed by atoms with Gasteiger partial charge in [0.2, 0.25) is 0 Å². The number of rotatable bonds is 3. The lowest BCUT2D eigenvalue weighted by molar-refractivity contribution is -0.122. The molecule has 3 heterocycles. The third-order valence-electron chi connectivity index (χ3n) is 5.02. The first-order valence-corrected chi connectivity index (χ1v) is 9.27. The van der Waals surface area contributed by atoms with E-state index in [1.54, 1.807) is 49.4 Å². The fourth-order valence-corrected chi connectivity index (χ4v) is 3.76. The van der Waals surface area contributed by atoms with Gasteiger partial charge >= 0.3 is 5.63 Å². The minimum Gasteiger partial charge on any atom is -0.508 e. The van der Waals surface area contributed by atoms with Crippen LogP contribution >= 0.6 is 0 Å². The number of para-hydroxylation sites is 1. The van der Waals surface area contributed by atoms with Crippen molar-refractivity contribution in [1.29, 1.82) is 0 Å². The Labute approximate surface area is 169 Å². The van der Waals surface area contributed by atoms with Crippen molar-refractivity contribution in [2.75, 3.05) is 5.32 Å². The molecule has 0 unspecified atom stereocenters. The van der Waals surface area contributed by atoms with Crippen LogP contribution in [0.15, 0.2) is 68.3 Å². The third kappa shape index (κ3) is 2.89. The molecule has 0 radical (unpaired) electrons. The second-order valence-electron chi connectivity index (χ2n) is 7.05. The number of benzene rings is 2. The predicted octanol–water partition coefficient (Wildman–Crippen LogP) is 3.33. The number of carbonyl (C=O) groups excluding carboxylic acids is 1. The highest BCUT2D eigenvalue weighted by Crippen LogP contribution is 2.44. The van der Waals surface area contributed by atoms with Crippen molar-refractivity contribution in [3.8, 4) is 11.5 Å². The van der Waals surface area contributed by atoms with E-state index in [0.717, 1.165) is 0 Å². The number of nitrogens with zero attached hydrogens (tertiary/aromatic N) is 1. The predicted molar refractivity (Wildman–Crippen MR) is 107 cm³/mol. The number of aromatic hydroxyl groups is 1. The van der Waals surface area contributed by atoms with Crippen LogP contribution in [-0.4, -0.2) is 22.3 Å². The van der Waals surface area contributed by atoms with Gasteiger partial charge in [-0.15, -0.1) is 0 Å². The zero-order valence-electron chi connectivity index (χ0n) is 15.8. The van der Waals surface area contributed by atoms with Crippen molar-refractivity contribution in [3.63, 3.8) is 0 Å². The van der Waals surface area contributed by atoms with Crippen LogP contribution in [0.2, 0.25) is 0 Å². The SMILES string of the molecule is Cc1cc(NC(=O)[C@H]2Oc3c(c(=O)oc4ccccc34)[C@H]2c2cccc(O)c2)no1. The Bertz CT molecular complexity index is 1340. The van der Waals surface area contributed by atoms with Crippen LogP contribution in [0.5, 0.6) is 11.5 Å². The van der Waals surface area contributed by atoms with E-state index in [9.17, 15) is 14.7 Å². The molecular formula is C22H16N2O6. The number of carbonyl (C=O) groups is 1. The Morgan fingerprint density at radius 1 is 1.13 bits per heavy atom. The monoisotopic (exact) mass is 404 g/mol. The number of anilines is 1. The molecule has 0 saturated carbocycles. The number of amides is 1. The second-order valence-corrected chi connectivity index (χ2v) is 7.05. The van der Waals surface area contributed by atoms with Gasteiger partial charge in [-0.25, -0.2) is 4.79 Å². The number of ether oxygens (including phenoxy) is 1. The second kappa shape index (κ2) is 6.77. The lowest BCUT2D eigenvalue weighted by Crippen LogP contribution is -2.35. The van der Waals surface area contributed by atoms with Crippen LogP contribution in [0.1, 0.15) is 22.8 Å². The zero-order chi connectivity index (χ0) is 20.8. The summed E-state index contributed by atoms with van der Waals surface area (Å²) in [5, 5.41) is 17.0. The molecule has 1 aliphatic heterocycles. The lowest BCUT2D eigenvalue weighted by atomic mass is 9.88. The van der Waals surface area contributed by atoms with Gasteiger partial charge in [0, 0.05) is 6.07 Å². The van der Waals surface area contributed by atoms with E-state index >= 15 is 0 Å². The fourth-order valence-electron chi connectivity index (χ4n) is 3.76. The Morgan fingerprint density at radius 3 is 2.73 bits per heavy atom. The van der Waals surface area contributed by atoms with Gasteiger partial charge in [-0.1, -0.05) is 29.4 Å². The molecule has 0 saturated heterocycles. The molecule has 0 fully saturated rings. The number of aromatic nitrogens is 1. The van der Waals surface area contributed by atoms with Crippen molar-refractivity contribution in [2.24, 2.45) is 0 Å². The number of nitrogens with one attached hydrogen (secondary N) is 1. The quantitative estimate of drug-likeness (QED) is 0.503. The Morgan fingerprint density at radius 2 is 1.97 bits per heavy atom. The molecule has 150 valence electrons. The largest absolute Gasteiger partial charge is 0.508 e. The third-order valence-corrected chi connectivity index (χ3v) is 5.02. The van der Waals surface area contributed by atoms with Crippen LogP contribution in [0.25, 0.3) is 11.0 Å². The highest BCUT2D eigenvalue weighted by atomic mass is 16.5. The van der Waals surface area contributed by atoms with E-state index < -0.39 is 23.6 Å². The molecule has 1 amide bonds. The summed E-state index contributed by atoms with van der Waals surface area (Å²) >= 11 is 0. The Hall–Kier alpha value is -4.07. The summed E-state index contributed by atoms with van der Waals surface area (Å²) in [6.07, 6.45) is -1.08. The average Bonchev–Trinajstić information content (AvgIpc) is 3.32. The summed E-state index contributed by atoms with van der Waals surface area (Å²) in [4.78, 5) is 26.0. The summed E-state index contributed by atoms with van der Waals surface area (Å²) in [6, 6.07) is 14.9. The summed E-state index contributed by atoms with van der Waals surface area (Å²) in [5.74, 6) is -0.193. The van der Waals surface area contributed by atoms with E-state index in [0.29, 0.717) is 28.0 Å². The van der Waals surface area contributed by atoms with E-state index in [-0.39, 0.29) is 17.1 Å². The van der Waals surface area contributed by atoms with Gasteiger partial charge in [0.05, 0.1) is 16.9 Å². The van der Waals surface area contributed by atoms with Crippen molar-refractivity contribution in [1.82, 2.24) is 5.16 Å². The fraction of sp³-hybridized carbons (Fsp3) is 0.136. The number of aryl methyl sites for hydroxylation is 1. The first-order chi connectivity index (χ1) is 14.5. The number of phenolic OH excluding ortho intramolecular Hbond substituents is 1. The van der Waals surface area contributed by atoms with Gasteiger partial charge in [-0.3, -0.25) is 4.79 Å². The molecule has 2 aromatic heterocycles. The van der Waals surface area contributed by atoms with Crippen LogP contribution in [0.4, 0.5) is 5.82 Å². The molecule has 4 aromatic rings. The molecular weight excluding hydrogens is 388 g/mol. The van der Waals surface area contributed by atoms with Crippen LogP contribution in [-0.2, 0) is 4.79 Å². The lowest BCUT2D eigenvalue weighted by Gasteiger charge is -2.18. The summed E-state index contributed by atoms with van der Waals surface area (Å²) in [6.45, 7) is 1.71. The minimum atomic E-state index is -1.08. The summed E-state index contributed by atoms with van der Waals surface area (Å²) in [7, 11) is 0. The Balaban J connectivity index is 1.66. The van der Waals surface area contributed by atoms with Gasteiger partial charge in [-0.05, 0) is 36.8 Å². The molecule has 1 aliphatic rings. The van der Waals surface area contributed by atoms with E-state index in [2.05, 4.69) is 10.5 Å². The summed E-state index contributed by atoms with van der Waals surface area (Å²) < 4.78 is 16.5. The first-order valence-electron chi connectivity index (χ1n) is 9.27. The molecule has 2 aromatic carbocycles. The maximum absolute atomic E-state index is 13.1. The molecule has 0 aliphatic carbocycles. The average molecular weight is 404 g/mol. The van der Waals surface area contributed by atoms with Crippen molar-refractivity contribution < 1.29 is 23.6 Å². The van der Waals surface area contributed by atoms with Crippen molar-refractivity contribution in [2.45, 2.75) is 18.9 Å². The summed E-state index contributed by atoms with van der Waals surface area (Å²) in [5.41, 5.74) is 0.553. The number of hydrogen-bond acceptors (Lipinski definition) is 7. The van der Waals surface area contributed by atoms with Crippen LogP contribution in [0, 0.1) is 6.92 Å². The number of phenols is 1. The molecule has 8 nitrogen and oxygen atoms in total.